The molecule has 3 nitrogen and oxygen atoms in total. The molecule has 0 amide bonds. The number of fused-ring (bicyclic) bond motifs is 2. The van der Waals surface area contributed by atoms with Gasteiger partial charge in [0.1, 0.15) is 5.76 Å². The number of hydrogen-bond donors (Lipinski definition) is 1. The highest BCUT2D eigenvalue weighted by atomic mass is 16.5. The summed E-state index contributed by atoms with van der Waals surface area (Å²) in [6.07, 6.45) is 6.79. The van der Waals surface area contributed by atoms with Crippen LogP contribution in [0.4, 0.5) is 0 Å². The number of nitrogens with one attached hydrogen (secondary N) is 1. The first-order chi connectivity index (χ1) is 11.5. The SMILES string of the molecule is CC12Cc3cnoc3C(C)(C)C1CCC(NCc1ccccc1)C2. The van der Waals surface area contributed by atoms with Crippen molar-refractivity contribution in [3.63, 3.8) is 0 Å². The first-order valence-electron chi connectivity index (χ1n) is 9.20. The van der Waals surface area contributed by atoms with Crippen LogP contribution in [0, 0.1) is 11.3 Å². The highest BCUT2D eigenvalue weighted by molar-refractivity contribution is 5.30. The number of nitrogens with zero attached hydrogens (tertiary/aromatic N) is 1. The zero-order valence-corrected chi connectivity index (χ0v) is 15.0. The molecule has 1 fully saturated rings. The van der Waals surface area contributed by atoms with Crippen molar-refractivity contribution >= 4 is 0 Å². The van der Waals surface area contributed by atoms with Gasteiger partial charge in [-0.2, -0.15) is 0 Å². The van der Waals surface area contributed by atoms with Gasteiger partial charge in [0.25, 0.3) is 0 Å². The normalized spacial score (nSPS) is 31.3. The molecule has 128 valence electrons. The molecule has 1 aromatic carbocycles. The van der Waals surface area contributed by atoms with Crippen LogP contribution in [0.25, 0.3) is 0 Å². The second kappa shape index (κ2) is 5.73. The minimum atomic E-state index is 0.0865. The van der Waals surface area contributed by atoms with Gasteiger partial charge in [0, 0.05) is 23.6 Å². The van der Waals surface area contributed by atoms with Crippen LogP contribution in [0.15, 0.2) is 41.1 Å². The maximum Gasteiger partial charge on any atom is 0.145 e. The maximum absolute atomic E-state index is 5.63. The minimum absolute atomic E-state index is 0.0865. The Hall–Kier alpha value is -1.61. The molecule has 2 aromatic rings. The van der Waals surface area contributed by atoms with Crippen LogP contribution < -0.4 is 5.32 Å². The van der Waals surface area contributed by atoms with E-state index in [1.165, 1.54) is 30.4 Å². The second-order valence-corrected chi connectivity index (χ2v) is 8.63. The van der Waals surface area contributed by atoms with Gasteiger partial charge >= 0.3 is 0 Å². The fraction of sp³-hybridized carbons (Fsp3) is 0.571. The fourth-order valence-electron chi connectivity index (χ4n) is 5.49. The lowest BCUT2D eigenvalue weighted by atomic mass is 9.51. The molecule has 3 unspecified atom stereocenters. The molecule has 0 radical (unpaired) electrons. The van der Waals surface area contributed by atoms with Crippen molar-refractivity contribution in [2.24, 2.45) is 11.3 Å². The molecule has 0 saturated heterocycles. The van der Waals surface area contributed by atoms with Gasteiger partial charge in [-0.3, -0.25) is 0 Å². The van der Waals surface area contributed by atoms with Crippen LogP contribution in [0.5, 0.6) is 0 Å². The van der Waals surface area contributed by atoms with Gasteiger partial charge in [-0.15, -0.1) is 0 Å². The van der Waals surface area contributed by atoms with E-state index in [1.807, 2.05) is 6.20 Å². The Labute approximate surface area is 144 Å². The van der Waals surface area contributed by atoms with Gasteiger partial charge in [0.2, 0.25) is 0 Å². The Morgan fingerprint density at radius 1 is 1.17 bits per heavy atom. The Morgan fingerprint density at radius 2 is 1.96 bits per heavy atom. The van der Waals surface area contributed by atoms with Gasteiger partial charge in [-0.1, -0.05) is 56.3 Å². The molecule has 1 saturated carbocycles. The molecule has 2 aliphatic rings. The van der Waals surface area contributed by atoms with Crippen LogP contribution in [0.2, 0.25) is 0 Å². The monoisotopic (exact) mass is 324 g/mol. The molecule has 2 aliphatic carbocycles. The van der Waals surface area contributed by atoms with Crippen molar-refractivity contribution < 1.29 is 4.52 Å². The summed E-state index contributed by atoms with van der Waals surface area (Å²) in [5.74, 6) is 1.79. The summed E-state index contributed by atoms with van der Waals surface area (Å²) in [4.78, 5) is 0. The summed E-state index contributed by atoms with van der Waals surface area (Å²) >= 11 is 0. The van der Waals surface area contributed by atoms with E-state index in [0.717, 1.165) is 18.7 Å². The first-order valence-corrected chi connectivity index (χ1v) is 9.20. The highest BCUT2D eigenvalue weighted by Gasteiger charge is 2.53. The smallest absolute Gasteiger partial charge is 0.145 e. The largest absolute Gasteiger partial charge is 0.361 e. The molecule has 1 aromatic heterocycles. The third-order valence-electron chi connectivity index (χ3n) is 6.49. The molecule has 24 heavy (non-hydrogen) atoms. The number of hydrogen-bond acceptors (Lipinski definition) is 3. The third kappa shape index (κ3) is 2.59. The predicted octanol–water partition coefficient (Wildman–Crippen LogP) is 4.47. The lowest BCUT2D eigenvalue weighted by Crippen LogP contribution is -2.52. The van der Waals surface area contributed by atoms with Crippen molar-refractivity contribution in [2.75, 3.05) is 0 Å². The van der Waals surface area contributed by atoms with E-state index in [9.17, 15) is 0 Å². The fourth-order valence-corrected chi connectivity index (χ4v) is 5.49. The Kier molecular flexibility index (Phi) is 3.80. The summed E-state index contributed by atoms with van der Waals surface area (Å²) < 4.78 is 5.63. The van der Waals surface area contributed by atoms with E-state index in [-0.39, 0.29) is 5.41 Å². The van der Waals surface area contributed by atoms with Gasteiger partial charge in [0.15, 0.2) is 0 Å². The number of rotatable bonds is 3. The Balaban J connectivity index is 1.50. The molecular formula is C21H28N2O. The predicted molar refractivity (Wildman–Crippen MR) is 95.8 cm³/mol. The zero-order chi connectivity index (χ0) is 16.8. The van der Waals surface area contributed by atoms with Gasteiger partial charge in [0.05, 0.1) is 6.20 Å². The van der Waals surface area contributed by atoms with Crippen molar-refractivity contribution in [3.05, 3.63) is 53.4 Å². The van der Waals surface area contributed by atoms with Crippen LogP contribution in [0.1, 0.15) is 56.9 Å². The van der Waals surface area contributed by atoms with Crippen LogP contribution >= 0.6 is 0 Å². The minimum Gasteiger partial charge on any atom is -0.361 e. The zero-order valence-electron chi connectivity index (χ0n) is 15.0. The highest BCUT2D eigenvalue weighted by Crippen LogP contribution is 2.56. The molecule has 3 heteroatoms. The average Bonchev–Trinajstić information content (AvgIpc) is 3.02. The molecule has 1 heterocycles. The molecule has 3 atom stereocenters. The Morgan fingerprint density at radius 3 is 2.75 bits per heavy atom. The van der Waals surface area contributed by atoms with Crippen molar-refractivity contribution in [3.8, 4) is 0 Å². The van der Waals surface area contributed by atoms with Gasteiger partial charge < -0.3 is 9.84 Å². The van der Waals surface area contributed by atoms with E-state index in [1.54, 1.807) is 0 Å². The second-order valence-electron chi connectivity index (χ2n) is 8.63. The number of benzene rings is 1. The lowest BCUT2D eigenvalue weighted by Gasteiger charge is -2.54. The molecule has 0 bridgehead atoms. The molecule has 1 N–H and O–H groups in total. The van der Waals surface area contributed by atoms with E-state index in [2.05, 4.69) is 61.6 Å². The van der Waals surface area contributed by atoms with Crippen LogP contribution in [0.3, 0.4) is 0 Å². The van der Waals surface area contributed by atoms with Crippen LogP contribution in [-0.4, -0.2) is 11.2 Å². The van der Waals surface area contributed by atoms with Gasteiger partial charge in [-0.05, 0) is 42.6 Å². The third-order valence-corrected chi connectivity index (χ3v) is 6.49. The summed E-state index contributed by atoms with van der Waals surface area (Å²) in [5, 5.41) is 7.90. The van der Waals surface area contributed by atoms with E-state index < -0.39 is 0 Å². The Bertz CT molecular complexity index is 706. The summed E-state index contributed by atoms with van der Waals surface area (Å²) in [5.41, 5.74) is 3.11. The molecule has 0 aliphatic heterocycles. The van der Waals surface area contributed by atoms with Gasteiger partial charge in [-0.25, -0.2) is 0 Å². The van der Waals surface area contributed by atoms with E-state index in [4.69, 9.17) is 4.52 Å². The van der Waals surface area contributed by atoms with Crippen LogP contribution in [-0.2, 0) is 18.4 Å². The number of aromatic nitrogens is 1. The van der Waals surface area contributed by atoms with E-state index in [0.29, 0.717) is 17.4 Å². The summed E-state index contributed by atoms with van der Waals surface area (Å²) in [7, 11) is 0. The first kappa shape index (κ1) is 15.9. The summed E-state index contributed by atoms with van der Waals surface area (Å²) in [6.45, 7) is 8.13. The lowest BCUT2D eigenvalue weighted by molar-refractivity contribution is 0.0137. The summed E-state index contributed by atoms with van der Waals surface area (Å²) in [6, 6.07) is 11.3. The van der Waals surface area contributed by atoms with E-state index >= 15 is 0 Å². The molecule has 0 spiro atoms. The van der Waals surface area contributed by atoms with Crippen molar-refractivity contribution in [2.45, 2.75) is 64.5 Å². The maximum atomic E-state index is 5.63. The standard InChI is InChI=1S/C21H28N2O/c1-20(2)18-10-9-17(22-13-15-7-5-4-6-8-15)12-21(18,3)11-16-14-23-24-19(16)20/h4-8,14,17-18,22H,9-13H2,1-3H3. The van der Waals surface area contributed by atoms with Crippen molar-refractivity contribution in [1.29, 1.82) is 0 Å². The average molecular weight is 324 g/mol. The molecule has 4 rings (SSSR count). The topological polar surface area (TPSA) is 38.1 Å². The quantitative estimate of drug-likeness (QED) is 0.905. The molecular weight excluding hydrogens is 296 g/mol. The van der Waals surface area contributed by atoms with Crippen molar-refractivity contribution in [1.82, 2.24) is 10.5 Å².